The van der Waals surface area contributed by atoms with Gasteiger partial charge < -0.3 is 19.3 Å². The van der Waals surface area contributed by atoms with E-state index in [0.29, 0.717) is 40.3 Å². The maximum absolute atomic E-state index is 13.6. The molecular formula is C31H28N2O7S. The van der Waals surface area contributed by atoms with Gasteiger partial charge in [0.2, 0.25) is 0 Å². The van der Waals surface area contributed by atoms with Crippen molar-refractivity contribution in [2.45, 2.75) is 25.8 Å². The number of amides is 1. The highest BCUT2D eigenvalue weighted by atomic mass is 32.1. The second-order valence-electron chi connectivity index (χ2n) is 9.34. The van der Waals surface area contributed by atoms with Crippen molar-refractivity contribution in [3.05, 3.63) is 89.0 Å². The van der Waals surface area contributed by atoms with E-state index in [2.05, 4.69) is 11.9 Å². The van der Waals surface area contributed by atoms with Gasteiger partial charge in [-0.2, -0.15) is 0 Å². The van der Waals surface area contributed by atoms with Gasteiger partial charge in [0.25, 0.3) is 5.78 Å². The lowest BCUT2D eigenvalue weighted by molar-refractivity contribution is -0.132. The molecule has 2 heterocycles. The number of carbonyl (C=O) groups is 3. The molecule has 1 amide bonds. The Morgan fingerprint density at radius 2 is 1.78 bits per heavy atom. The fourth-order valence-electron chi connectivity index (χ4n) is 4.61. The van der Waals surface area contributed by atoms with Gasteiger partial charge in [-0.25, -0.2) is 9.78 Å². The molecule has 1 aromatic heterocycles. The molecule has 3 aromatic carbocycles. The lowest BCUT2D eigenvalue weighted by atomic mass is 9.94. The number of aliphatic hydroxyl groups excluding tert-OH is 1. The predicted octanol–water partition coefficient (Wildman–Crippen LogP) is 5.90. The van der Waals surface area contributed by atoms with Gasteiger partial charge in [0.05, 0.1) is 48.2 Å². The van der Waals surface area contributed by atoms with Crippen molar-refractivity contribution in [2.75, 3.05) is 25.7 Å². The van der Waals surface area contributed by atoms with E-state index in [-0.39, 0.29) is 16.5 Å². The summed E-state index contributed by atoms with van der Waals surface area (Å²) in [6, 6.07) is 17.5. The molecule has 5 rings (SSSR count). The molecule has 0 radical (unpaired) electrons. The summed E-state index contributed by atoms with van der Waals surface area (Å²) in [6.07, 6.45) is 1.84. The van der Waals surface area contributed by atoms with Crippen LogP contribution < -0.4 is 14.4 Å². The maximum Gasteiger partial charge on any atom is 0.337 e. The van der Waals surface area contributed by atoms with Crippen molar-refractivity contribution in [3.8, 4) is 11.5 Å². The SMILES string of the molecule is CCCCOc1cccc(C(O)=C2C(=O)C(=O)N(c3nc4ccc(OC)cc4s3)C2c2ccc(C(=O)OC)cc2)c1. The molecule has 0 aliphatic carbocycles. The number of esters is 1. The first-order chi connectivity index (χ1) is 19.9. The maximum atomic E-state index is 13.6. The smallest absolute Gasteiger partial charge is 0.337 e. The van der Waals surface area contributed by atoms with Crippen molar-refractivity contribution in [2.24, 2.45) is 0 Å². The molecule has 210 valence electrons. The summed E-state index contributed by atoms with van der Waals surface area (Å²) in [5.74, 6) is -1.36. The number of aliphatic hydroxyl groups is 1. The van der Waals surface area contributed by atoms with Gasteiger partial charge in [-0.05, 0) is 54.4 Å². The average molecular weight is 573 g/mol. The van der Waals surface area contributed by atoms with E-state index in [4.69, 9.17) is 14.2 Å². The lowest BCUT2D eigenvalue weighted by Gasteiger charge is -2.23. The number of Topliss-reactive ketones (excluding diaryl/α,β-unsaturated/α-hetero) is 1. The third-order valence-electron chi connectivity index (χ3n) is 6.76. The zero-order valence-electron chi connectivity index (χ0n) is 22.7. The Labute approximate surface area is 240 Å². The van der Waals surface area contributed by atoms with E-state index < -0.39 is 23.7 Å². The van der Waals surface area contributed by atoms with Crippen LogP contribution in [0.4, 0.5) is 5.13 Å². The zero-order valence-corrected chi connectivity index (χ0v) is 23.6. The second-order valence-corrected chi connectivity index (χ2v) is 10.4. The minimum absolute atomic E-state index is 0.0941. The van der Waals surface area contributed by atoms with E-state index in [9.17, 15) is 19.5 Å². The fraction of sp³-hybridized carbons (Fsp3) is 0.226. The minimum atomic E-state index is -1.01. The summed E-state index contributed by atoms with van der Waals surface area (Å²) in [5, 5.41) is 11.8. The summed E-state index contributed by atoms with van der Waals surface area (Å²) < 4.78 is 16.7. The predicted molar refractivity (Wildman–Crippen MR) is 156 cm³/mol. The highest BCUT2D eigenvalue weighted by molar-refractivity contribution is 7.22. The number of ketones is 1. The van der Waals surface area contributed by atoms with Crippen LogP contribution in [0.25, 0.3) is 16.0 Å². The molecule has 1 aliphatic heterocycles. The quantitative estimate of drug-likeness (QED) is 0.0867. The van der Waals surface area contributed by atoms with E-state index in [1.165, 1.54) is 23.3 Å². The van der Waals surface area contributed by atoms with Gasteiger partial charge in [0, 0.05) is 5.56 Å². The molecule has 10 heteroatoms. The van der Waals surface area contributed by atoms with Crippen LogP contribution in [-0.2, 0) is 14.3 Å². The van der Waals surface area contributed by atoms with Crippen LogP contribution in [0.2, 0.25) is 0 Å². The van der Waals surface area contributed by atoms with Crippen LogP contribution in [0.1, 0.15) is 47.3 Å². The molecule has 1 unspecified atom stereocenters. The van der Waals surface area contributed by atoms with Gasteiger partial charge in [-0.15, -0.1) is 0 Å². The first-order valence-corrected chi connectivity index (χ1v) is 13.8. The molecule has 0 spiro atoms. The highest BCUT2D eigenvalue weighted by Crippen LogP contribution is 2.45. The van der Waals surface area contributed by atoms with Gasteiger partial charge >= 0.3 is 11.9 Å². The van der Waals surface area contributed by atoms with Crippen LogP contribution in [0.5, 0.6) is 11.5 Å². The van der Waals surface area contributed by atoms with Crippen LogP contribution in [0, 0.1) is 0 Å². The molecule has 1 atom stereocenters. The van der Waals surface area contributed by atoms with Gasteiger partial charge in [-0.1, -0.05) is 48.9 Å². The number of carbonyl (C=O) groups excluding carboxylic acids is 3. The molecule has 41 heavy (non-hydrogen) atoms. The summed E-state index contributed by atoms with van der Waals surface area (Å²) in [6.45, 7) is 2.57. The zero-order chi connectivity index (χ0) is 29.1. The first-order valence-electron chi connectivity index (χ1n) is 13.0. The number of ether oxygens (including phenoxy) is 3. The molecule has 1 aliphatic rings. The first kappa shape index (κ1) is 27.9. The number of aromatic nitrogens is 1. The molecule has 4 aromatic rings. The van der Waals surface area contributed by atoms with Gasteiger partial charge in [0.15, 0.2) is 5.13 Å². The monoisotopic (exact) mass is 572 g/mol. The summed E-state index contributed by atoms with van der Waals surface area (Å²) in [7, 11) is 2.84. The van der Waals surface area contributed by atoms with Crippen molar-refractivity contribution >= 4 is 50.1 Å². The van der Waals surface area contributed by atoms with Crippen LogP contribution in [0.3, 0.4) is 0 Å². The molecule has 1 saturated heterocycles. The average Bonchev–Trinajstić information content (AvgIpc) is 3.54. The van der Waals surface area contributed by atoms with Crippen molar-refractivity contribution in [3.63, 3.8) is 0 Å². The van der Waals surface area contributed by atoms with Crippen molar-refractivity contribution < 1.29 is 33.7 Å². The third-order valence-corrected chi connectivity index (χ3v) is 7.77. The third kappa shape index (κ3) is 5.38. The Bertz CT molecular complexity index is 1660. The molecule has 1 fully saturated rings. The normalized spacial score (nSPS) is 16.3. The van der Waals surface area contributed by atoms with E-state index in [0.717, 1.165) is 17.5 Å². The standard InChI is InChI=1S/C31H28N2O7S/c1-4-5-15-40-22-8-6-7-20(16-22)27(34)25-26(18-9-11-19(12-10-18)30(37)39-3)33(29(36)28(25)35)31-32-23-14-13-21(38-2)17-24(23)41-31/h6-14,16-17,26,34H,4-5,15H2,1-3H3. The number of benzene rings is 3. The second kappa shape index (κ2) is 11.8. The summed E-state index contributed by atoms with van der Waals surface area (Å²) >= 11 is 1.23. The Kier molecular flexibility index (Phi) is 8.02. The Morgan fingerprint density at radius 1 is 1.00 bits per heavy atom. The van der Waals surface area contributed by atoms with Crippen molar-refractivity contribution in [1.82, 2.24) is 4.98 Å². The minimum Gasteiger partial charge on any atom is -0.507 e. The summed E-state index contributed by atoms with van der Waals surface area (Å²) in [4.78, 5) is 45.1. The number of anilines is 1. The largest absolute Gasteiger partial charge is 0.507 e. The van der Waals surface area contributed by atoms with Crippen molar-refractivity contribution in [1.29, 1.82) is 0 Å². The van der Waals surface area contributed by atoms with Crippen LogP contribution in [-0.4, -0.2) is 48.6 Å². The van der Waals surface area contributed by atoms with Crippen LogP contribution >= 0.6 is 11.3 Å². The Balaban J connectivity index is 1.65. The molecular weight excluding hydrogens is 544 g/mol. The number of rotatable bonds is 9. The summed E-state index contributed by atoms with van der Waals surface area (Å²) in [5.41, 5.74) is 1.68. The number of hydrogen-bond donors (Lipinski definition) is 1. The lowest BCUT2D eigenvalue weighted by Crippen LogP contribution is -2.29. The number of hydrogen-bond acceptors (Lipinski definition) is 9. The Hall–Kier alpha value is -4.70. The number of thiazole rings is 1. The number of nitrogens with zero attached hydrogens (tertiary/aromatic N) is 2. The molecule has 9 nitrogen and oxygen atoms in total. The Morgan fingerprint density at radius 3 is 2.49 bits per heavy atom. The number of fused-ring (bicyclic) bond motifs is 1. The van der Waals surface area contributed by atoms with E-state index in [1.54, 1.807) is 73.8 Å². The number of methoxy groups -OCH3 is 2. The molecule has 0 saturated carbocycles. The topological polar surface area (TPSA) is 115 Å². The van der Waals surface area contributed by atoms with Gasteiger partial charge in [-0.3, -0.25) is 14.5 Å². The van der Waals surface area contributed by atoms with Gasteiger partial charge in [0.1, 0.15) is 17.3 Å². The molecule has 0 bridgehead atoms. The molecule has 1 N–H and O–H groups in total. The van der Waals surface area contributed by atoms with E-state index in [1.807, 2.05) is 0 Å². The number of unbranched alkanes of at least 4 members (excludes halogenated alkanes) is 1. The van der Waals surface area contributed by atoms with Crippen LogP contribution in [0.15, 0.2) is 72.3 Å². The fourth-order valence-corrected chi connectivity index (χ4v) is 5.63. The highest BCUT2D eigenvalue weighted by Gasteiger charge is 2.48. The van der Waals surface area contributed by atoms with E-state index >= 15 is 0 Å².